The lowest BCUT2D eigenvalue weighted by atomic mass is 9.95. The molecule has 1 saturated carbocycles. The molecule has 0 N–H and O–H groups in total. The molecule has 0 heterocycles. The second-order valence-corrected chi connectivity index (χ2v) is 4.82. The molecule has 3 unspecified atom stereocenters. The van der Waals surface area contributed by atoms with E-state index < -0.39 is 0 Å². The average Bonchev–Trinajstić information content (AvgIpc) is 2.50. The summed E-state index contributed by atoms with van der Waals surface area (Å²) in [4.78, 5) is 0. The predicted molar refractivity (Wildman–Crippen MR) is 60.9 cm³/mol. The van der Waals surface area contributed by atoms with Crippen LogP contribution in [0.5, 0.6) is 0 Å². The van der Waals surface area contributed by atoms with Crippen LogP contribution in [0.3, 0.4) is 0 Å². The van der Waals surface area contributed by atoms with Gasteiger partial charge in [0.25, 0.3) is 0 Å². The van der Waals surface area contributed by atoms with Crippen molar-refractivity contribution in [1.29, 1.82) is 0 Å². The first-order valence-electron chi connectivity index (χ1n) is 4.57. The van der Waals surface area contributed by atoms with Crippen molar-refractivity contribution in [2.24, 2.45) is 5.92 Å². The van der Waals surface area contributed by atoms with E-state index in [1.807, 2.05) is 7.11 Å². The Morgan fingerprint density at radius 3 is 3.08 bits per heavy atom. The Hall–Kier alpha value is 0.160. The van der Waals surface area contributed by atoms with E-state index in [4.69, 9.17) is 4.52 Å². The maximum Gasteiger partial charge on any atom is 0.0394 e. The highest BCUT2D eigenvalue weighted by Gasteiger charge is 2.30. The highest BCUT2D eigenvalue weighted by atomic mass is 35.5. The highest BCUT2D eigenvalue weighted by Crippen LogP contribution is 2.44. The van der Waals surface area contributed by atoms with Gasteiger partial charge in [0.05, 0.1) is 0 Å². The molecule has 1 nitrogen and oxygen atoms in total. The second-order valence-electron chi connectivity index (χ2n) is 3.48. The van der Waals surface area contributed by atoms with E-state index in [0.717, 1.165) is 11.6 Å². The zero-order valence-electron chi connectivity index (χ0n) is 7.82. The first kappa shape index (κ1) is 11.2. The Bertz CT molecular complexity index is 223. The van der Waals surface area contributed by atoms with Gasteiger partial charge in [0.1, 0.15) is 0 Å². The largest absolute Gasteiger partial charge is 0.365 e. The van der Waals surface area contributed by atoms with Crippen molar-refractivity contribution >= 4 is 21.2 Å². The normalized spacial score (nSPS) is 31.6. The summed E-state index contributed by atoms with van der Waals surface area (Å²) < 4.78 is 5.24. The summed E-state index contributed by atoms with van der Waals surface area (Å²) in [6.45, 7) is 0. The fraction of sp³-hybridized carbons (Fsp3) is 0.600. The van der Waals surface area contributed by atoms with Crippen LogP contribution in [-0.2, 0) is 4.52 Å². The maximum atomic E-state index is 5.24. The second kappa shape index (κ2) is 5.14. The van der Waals surface area contributed by atoms with Crippen molar-refractivity contribution < 1.29 is 4.52 Å². The molecule has 0 aliphatic heterocycles. The summed E-state index contributed by atoms with van der Waals surface area (Å²) in [5, 5.41) is 0. The fourth-order valence-electron chi connectivity index (χ4n) is 2.18. The number of rotatable bonds is 2. The van der Waals surface area contributed by atoms with Crippen LogP contribution in [0.15, 0.2) is 23.8 Å². The lowest BCUT2D eigenvalue weighted by Crippen LogP contribution is -2.04. The molecule has 0 saturated heterocycles. The fourth-order valence-corrected chi connectivity index (χ4v) is 3.22. The molecule has 0 aromatic rings. The Morgan fingerprint density at radius 1 is 1.46 bits per heavy atom. The van der Waals surface area contributed by atoms with Crippen molar-refractivity contribution in [2.45, 2.75) is 24.9 Å². The molecule has 2 rings (SSSR count). The quantitative estimate of drug-likeness (QED) is 0.647. The molecule has 13 heavy (non-hydrogen) atoms. The van der Waals surface area contributed by atoms with Gasteiger partial charge in [0.2, 0.25) is 0 Å². The Kier molecular flexibility index (Phi) is 4.45. The molecule has 0 radical (unpaired) electrons. The SMILES string of the molecule is COPC1CCC2CC=CC=C21.Cl. The minimum atomic E-state index is 0. The summed E-state index contributed by atoms with van der Waals surface area (Å²) in [5.41, 5.74) is 2.39. The van der Waals surface area contributed by atoms with Gasteiger partial charge in [-0.1, -0.05) is 23.8 Å². The number of hydrogen-bond donors (Lipinski definition) is 0. The van der Waals surface area contributed by atoms with E-state index in [-0.39, 0.29) is 12.4 Å². The van der Waals surface area contributed by atoms with Gasteiger partial charge in [0.15, 0.2) is 0 Å². The van der Waals surface area contributed by atoms with E-state index >= 15 is 0 Å². The van der Waals surface area contributed by atoms with E-state index in [1.165, 1.54) is 19.3 Å². The van der Waals surface area contributed by atoms with E-state index in [2.05, 4.69) is 18.2 Å². The van der Waals surface area contributed by atoms with E-state index in [0.29, 0.717) is 8.81 Å². The molecule has 2 aliphatic carbocycles. The first-order valence-corrected chi connectivity index (χ1v) is 5.55. The minimum Gasteiger partial charge on any atom is -0.365 e. The topological polar surface area (TPSA) is 9.23 Å². The van der Waals surface area contributed by atoms with Gasteiger partial charge in [-0.25, -0.2) is 0 Å². The monoisotopic (exact) mass is 218 g/mol. The van der Waals surface area contributed by atoms with Crippen molar-refractivity contribution in [3.05, 3.63) is 23.8 Å². The molecule has 0 aromatic carbocycles. The predicted octanol–water partition coefficient (Wildman–Crippen LogP) is 3.31. The van der Waals surface area contributed by atoms with Gasteiger partial charge in [-0.3, -0.25) is 0 Å². The smallest absolute Gasteiger partial charge is 0.0394 e. The van der Waals surface area contributed by atoms with Crippen LogP contribution in [0.4, 0.5) is 0 Å². The van der Waals surface area contributed by atoms with Gasteiger partial charge < -0.3 is 4.52 Å². The Balaban J connectivity index is 0.000000845. The molecule has 2 aliphatic rings. The third kappa shape index (κ3) is 2.34. The van der Waals surface area contributed by atoms with Crippen molar-refractivity contribution in [2.75, 3.05) is 7.11 Å². The highest BCUT2D eigenvalue weighted by molar-refractivity contribution is 7.33. The number of hydrogen-bond acceptors (Lipinski definition) is 1. The molecular weight excluding hydrogens is 203 g/mol. The zero-order chi connectivity index (χ0) is 8.39. The summed E-state index contributed by atoms with van der Waals surface area (Å²) in [7, 11) is 2.49. The maximum absolute atomic E-state index is 5.24. The van der Waals surface area contributed by atoms with Crippen LogP contribution in [0.2, 0.25) is 0 Å². The van der Waals surface area contributed by atoms with Crippen LogP contribution < -0.4 is 0 Å². The van der Waals surface area contributed by atoms with E-state index in [9.17, 15) is 0 Å². The Morgan fingerprint density at radius 2 is 2.31 bits per heavy atom. The van der Waals surface area contributed by atoms with Crippen LogP contribution in [0, 0.1) is 5.92 Å². The number of fused-ring (bicyclic) bond motifs is 1. The molecular formula is C10H16ClOP. The van der Waals surface area contributed by atoms with Crippen molar-refractivity contribution in [3.8, 4) is 0 Å². The lowest BCUT2D eigenvalue weighted by Gasteiger charge is -2.16. The molecule has 3 heteroatoms. The molecule has 0 aromatic heterocycles. The zero-order valence-corrected chi connectivity index (χ0v) is 9.64. The summed E-state index contributed by atoms with van der Waals surface area (Å²) in [5.74, 6) is 0.850. The first-order chi connectivity index (χ1) is 5.92. The number of allylic oxidation sites excluding steroid dienone is 4. The number of halogens is 1. The molecule has 0 amide bonds. The van der Waals surface area contributed by atoms with E-state index in [1.54, 1.807) is 5.57 Å². The van der Waals surface area contributed by atoms with Gasteiger partial charge >= 0.3 is 0 Å². The molecule has 0 spiro atoms. The van der Waals surface area contributed by atoms with Crippen LogP contribution in [-0.4, -0.2) is 12.8 Å². The van der Waals surface area contributed by atoms with Gasteiger partial charge in [-0.15, -0.1) is 12.4 Å². The molecule has 0 bridgehead atoms. The van der Waals surface area contributed by atoms with Crippen LogP contribution in [0.25, 0.3) is 0 Å². The standard InChI is InChI=1S/C10H15OP.ClH/c1-11-12-10-7-6-8-4-2-3-5-9(8)10;/h2-3,5,8,10,12H,4,6-7H2,1H3;1H. The lowest BCUT2D eigenvalue weighted by molar-refractivity contribution is 0.470. The third-order valence-electron chi connectivity index (χ3n) is 2.78. The molecule has 1 fully saturated rings. The molecule has 74 valence electrons. The summed E-state index contributed by atoms with van der Waals surface area (Å²) >= 11 is 0. The van der Waals surface area contributed by atoms with Gasteiger partial charge in [-0.05, 0) is 25.2 Å². The summed E-state index contributed by atoms with van der Waals surface area (Å²) in [6, 6.07) is 0. The molecule has 3 atom stereocenters. The van der Waals surface area contributed by atoms with Crippen molar-refractivity contribution in [3.63, 3.8) is 0 Å². The Labute approximate surface area is 87.9 Å². The van der Waals surface area contributed by atoms with Crippen molar-refractivity contribution in [1.82, 2.24) is 0 Å². The van der Waals surface area contributed by atoms with Crippen LogP contribution >= 0.6 is 21.2 Å². The minimum absolute atomic E-state index is 0. The van der Waals surface area contributed by atoms with Gasteiger partial charge in [-0.2, -0.15) is 0 Å². The third-order valence-corrected chi connectivity index (χ3v) is 3.93. The van der Waals surface area contributed by atoms with Crippen LogP contribution in [0.1, 0.15) is 19.3 Å². The van der Waals surface area contributed by atoms with Gasteiger partial charge in [0, 0.05) is 21.6 Å². The average molecular weight is 219 g/mol. The summed E-state index contributed by atoms with van der Waals surface area (Å²) in [6.07, 6.45) is 10.8.